The number of rotatable bonds is 29. The summed E-state index contributed by atoms with van der Waals surface area (Å²) in [7, 11) is 0. The van der Waals surface area contributed by atoms with Crippen LogP contribution in [0.5, 0.6) is 0 Å². The van der Waals surface area contributed by atoms with Crippen molar-refractivity contribution in [3.05, 3.63) is 35.9 Å². The van der Waals surface area contributed by atoms with E-state index in [2.05, 4.69) is 55.2 Å². The lowest BCUT2D eigenvalue weighted by atomic mass is 9.96. The minimum atomic E-state index is -1.77. The van der Waals surface area contributed by atoms with E-state index >= 15 is 0 Å². The molecule has 1 aromatic carbocycles. The van der Waals surface area contributed by atoms with Gasteiger partial charge in [0.25, 0.3) is 0 Å². The highest BCUT2D eigenvalue weighted by Crippen LogP contribution is 2.27. The fourth-order valence-corrected chi connectivity index (χ4v) is 9.72. The fraction of sp³-hybridized carbons (Fsp3) is 0.667. The lowest BCUT2D eigenvalue weighted by Crippen LogP contribution is -2.63. The second-order valence-corrected chi connectivity index (χ2v) is 20.4. The van der Waals surface area contributed by atoms with E-state index < -0.39 is 151 Å². The Labute approximate surface area is 453 Å². The molecule has 3 saturated heterocycles. The van der Waals surface area contributed by atoms with E-state index in [1.54, 1.807) is 58.0 Å². The number of amides is 9. The number of hydrogen-bond donors (Lipinski definition) is 13. The smallest absolute Gasteiger partial charge is 0.326 e. The quantitative estimate of drug-likeness (QED) is 0.0375. The normalized spacial score (nSPS) is 21.1. The molecular weight excluding hydrogens is 1020 g/mol. The standard InChI is InChI=1S/C51H78N10O15S/c1-6-27(3)39(50(74)61-23-13-18-37(61)49(73)60-22-12-17-36(60)47(71)58-40(51(75)76)28(4)7-2)57-45(69)34(25-62)55-44(68)33(24-30-14-9-8-10-15-30)54-48(72)41(29(5)63)59-46(70)35(26-77)56-43(67)32(19-20-38(64)65)53-42(66)31-16-11-21-52-31/h8-10,14-15,27-29,31-37,39-41,52,62-63,77H,6-7,11-13,16-26H2,1-5H3,(H,53,66)(H,54,72)(H,55,68)(H,56,67)(H,57,69)(H,58,71)(H,59,70)(H,64,65)(H,75,76)/t27-,28-,29+,31-,32-,33-,34-,35-,36-,37-,39-,40-,41-/m0/s1. The van der Waals surface area contributed by atoms with Gasteiger partial charge in [-0.05, 0) is 75.8 Å². The number of carbonyl (C=O) groups excluding carboxylic acids is 9. The van der Waals surface area contributed by atoms with Crippen LogP contribution in [0.15, 0.2) is 30.3 Å². The Morgan fingerprint density at radius 1 is 0.636 bits per heavy atom. The van der Waals surface area contributed by atoms with E-state index in [1.165, 1.54) is 16.7 Å². The Balaban J connectivity index is 1.48. The molecule has 1 aromatic rings. The number of carboxylic acid groups (broad SMARTS) is 2. The molecule has 3 heterocycles. The number of likely N-dealkylation sites (tertiary alicyclic amines) is 2. The van der Waals surface area contributed by atoms with E-state index in [9.17, 15) is 73.2 Å². The number of aliphatic hydroxyl groups excluding tert-OH is 2. The number of benzene rings is 1. The van der Waals surface area contributed by atoms with Crippen molar-refractivity contribution in [1.82, 2.24) is 52.3 Å². The van der Waals surface area contributed by atoms with E-state index in [4.69, 9.17) is 0 Å². The van der Waals surface area contributed by atoms with Crippen LogP contribution in [0.3, 0.4) is 0 Å². The molecule has 0 unspecified atom stereocenters. The lowest BCUT2D eigenvalue weighted by Gasteiger charge is -2.35. The number of hydrogen-bond acceptors (Lipinski definition) is 15. The van der Waals surface area contributed by atoms with Crippen molar-refractivity contribution in [3.8, 4) is 0 Å². The third kappa shape index (κ3) is 17.8. The molecule has 12 N–H and O–H groups in total. The minimum Gasteiger partial charge on any atom is -0.481 e. The number of nitrogens with zero attached hydrogens (tertiary/aromatic N) is 2. The van der Waals surface area contributed by atoms with Crippen molar-refractivity contribution >= 4 is 77.7 Å². The highest BCUT2D eigenvalue weighted by Gasteiger charge is 2.45. The SMILES string of the molecule is CC[C@H](C)[C@H](NC(=O)[C@@H]1CCCN1C(=O)[C@@H]1CCCN1C(=O)[C@@H](NC(=O)[C@H](CO)NC(=O)[C@H](Cc1ccccc1)NC(=O)[C@@H](NC(=O)[C@H](CS)NC(=O)[C@H](CCC(=O)O)NC(=O)[C@@H]1CCCN1)[C@@H](C)O)[C@@H](C)CC)C(=O)O. The van der Waals surface area contributed by atoms with Gasteiger partial charge in [0.05, 0.1) is 18.8 Å². The second kappa shape index (κ2) is 30.5. The second-order valence-electron chi connectivity index (χ2n) is 20.1. The molecule has 3 fully saturated rings. The average molecular weight is 1100 g/mol. The minimum absolute atomic E-state index is 0.143. The first-order chi connectivity index (χ1) is 36.6. The molecule has 77 heavy (non-hydrogen) atoms. The fourth-order valence-electron chi connectivity index (χ4n) is 9.46. The molecule has 3 aliphatic heterocycles. The highest BCUT2D eigenvalue weighted by atomic mass is 32.1. The molecule has 0 radical (unpaired) electrons. The average Bonchev–Trinajstić information content (AvgIpc) is 4.24. The maximum Gasteiger partial charge on any atom is 0.326 e. The molecule has 9 amide bonds. The van der Waals surface area contributed by atoms with Crippen LogP contribution in [0.4, 0.5) is 0 Å². The molecule has 25 nitrogen and oxygen atoms in total. The molecule has 0 aliphatic carbocycles. The van der Waals surface area contributed by atoms with E-state index in [-0.39, 0.29) is 44.0 Å². The van der Waals surface area contributed by atoms with Crippen molar-refractivity contribution in [2.75, 3.05) is 32.0 Å². The summed E-state index contributed by atoms with van der Waals surface area (Å²) in [6.07, 6.45) is 0.873. The van der Waals surface area contributed by atoms with Gasteiger partial charge in [0, 0.05) is 31.7 Å². The first-order valence-electron chi connectivity index (χ1n) is 26.4. The molecule has 3 aliphatic rings. The zero-order valence-corrected chi connectivity index (χ0v) is 45.2. The van der Waals surface area contributed by atoms with E-state index in [0.717, 1.165) is 0 Å². The van der Waals surface area contributed by atoms with Crippen LogP contribution in [0.25, 0.3) is 0 Å². The van der Waals surface area contributed by atoms with Gasteiger partial charge < -0.3 is 72.8 Å². The molecule has 0 spiro atoms. The number of thiol groups is 1. The summed E-state index contributed by atoms with van der Waals surface area (Å²) in [6, 6.07) is -4.49. The van der Waals surface area contributed by atoms with Crippen LogP contribution in [-0.4, -0.2) is 194 Å². The Morgan fingerprint density at radius 3 is 1.77 bits per heavy atom. The van der Waals surface area contributed by atoms with Gasteiger partial charge in [0.2, 0.25) is 53.2 Å². The molecule has 0 saturated carbocycles. The van der Waals surface area contributed by atoms with Crippen molar-refractivity contribution in [1.29, 1.82) is 0 Å². The number of aliphatic carboxylic acids is 2. The summed E-state index contributed by atoms with van der Waals surface area (Å²) in [5.41, 5.74) is 0.523. The first-order valence-corrected chi connectivity index (χ1v) is 27.0. The lowest BCUT2D eigenvalue weighted by molar-refractivity contribution is -0.149. The maximum absolute atomic E-state index is 14.5. The van der Waals surface area contributed by atoms with Crippen molar-refractivity contribution < 1.29 is 73.2 Å². The summed E-state index contributed by atoms with van der Waals surface area (Å²) >= 11 is 4.18. The Kier molecular flexibility index (Phi) is 25.0. The predicted molar refractivity (Wildman–Crippen MR) is 280 cm³/mol. The summed E-state index contributed by atoms with van der Waals surface area (Å²) < 4.78 is 0. The number of aliphatic hydroxyl groups is 2. The Bertz CT molecular complexity index is 2250. The molecule has 428 valence electrons. The molecule has 26 heteroatoms. The molecular formula is C51H78N10O15S. The third-order valence-corrected chi connectivity index (χ3v) is 14.8. The number of carboxylic acids is 2. The van der Waals surface area contributed by atoms with Gasteiger partial charge in [-0.2, -0.15) is 12.6 Å². The Morgan fingerprint density at radius 2 is 1.19 bits per heavy atom. The number of carbonyl (C=O) groups is 11. The maximum atomic E-state index is 14.5. The molecule has 4 rings (SSSR count). The first kappa shape index (κ1) is 63.2. The molecule has 13 atom stereocenters. The van der Waals surface area contributed by atoms with Crippen LogP contribution >= 0.6 is 12.6 Å². The molecule has 0 aromatic heterocycles. The summed E-state index contributed by atoms with van der Waals surface area (Å²) in [5, 5.41) is 60.9. The zero-order valence-electron chi connectivity index (χ0n) is 44.3. The van der Waals surface area contributed by atoms with Crippen LogP contribution < -0.4 is 42.5 Å². The van der Waals surface area contributed by atoms with Gasteiger partial charge in [-0.3, -0.25) is 47.9 Å². The van der Waals surface area contributed by atoms with Gasteiger partial charge in [0.15, 0.2) is 0 Å². The summed E-state index contributed by atoms with van der Waals surface area (Å²) in [6.45, 7) is 8.10. The van der Waals surface area contributed by atoms with Crippen LogP contribution in [0, 0.1) is 11.8 Å². The number of nitrogens with one attached hydrogen (secondary N) is 8. The van der Waals surface area contributed by atoms with Crippen molar-refractivity contribution in [3.63, 3.8) is 0 Å². The Hall–Kier alpha value is -6.38. The topological polar surface area (TPSA) is 371 Å². The highest BCUT2D eigenvalue weighted by molar-refractivity contribution is 7.80. The summed E-state index contributed by atoms with van der Waals surface area (Å²) in [4.78, 5) is 150. The van der Waals surface area contributed by atoms with Gasteiger partial charge >= 0.3 is 11.9 Å². The van der Waals surface area contributed by atoms with Gasteiger partial charge in [-0.25, -0.2) is 4.79 Å². The van der Waals surface area contributed by atoms with Crippen LogP contribution in [0.1, 0.15) is 104 Å². The predicted octanol–water partition coefficient (Wildman–Crippen LogP) is -2.30. The van der Waals surface area contributed by atoms with Gasteiger partial charge in [-0.15, -0.1) is 0 Å². The van der Waals surface area contributed by atoms with Crippen LogP contribution in [-0.2, 0) is 59.2 Å². The zero-order chi connectivity index (χ0) is 57.1. The van der Waals surface area contributed by atoms with E-state index in [0.29, 0.717) is 57.1 Å². The largest absolute Gasteiger partial charge is 0.481 e. The van der Waals surface area contributed by atoms with Gasteiger partial charge in [0.1, 0.15) is 54.4 Å². The monoisotopic (exact) mass is 1100 g/mol. The van der Waals surface area contributed by atoms with Gasteiger partial charge in [-0.1, -0.05) is 70.9 Å². The van der Waals surface area contributed by atoms with Crippen molar-refractivity contribution in [2.45, 2.75) is 172 Å². The van der Waals surface area contributed by atoms with Crippen LogP contribution in [0.2, 0.25) is 0 Å². The van der Waals surface area contributed by atoms with Crippen molar-refractivity contribution in [2.24, 2.45) is 11.8 Å². The third-order valence-electron chi connectivity index (χ3n) is 14.5. The van der Waals surface area contributed by atoms with E-state index in [1.807, 2.05) is 0 Å². The summed E-state index contributed by atoms with van der Waals surface area (Å²) in [5.74, 6) is -10.9. The molecule has 0 bridgehead atoms.